The van der Waals surface area contributed by atoms with Crippen LogP contribution in [0.2, 0.25) is 0 Å². The summed E-state index contributed by atoms with van der Waals surface area (Å²) < 4.78 is 0. The lowest BCUT2D eigenvalue weighted by molar-refractivity contribution is -0.151. The molecule has 0 bridgehead atoms. The zero-order chi connectivity index (χ0) is 14.4. The van der Waals surface area contributed by atoms with E-state index in [4.69, 9.17) is 5.26 Å². The Bertz CT molecular complexity index is 535. The fourth-order valence-electron chi connectivity index (χ4n) is 1.71. The molecule has 104 valence electrons. The predicted octanol–water partition coefficient (Wildman–Crippen LogP) is -0.286. The van der Waals surface area contributed by atoms with E-state index in [2.05, 4.69) is 15.6 Å². The molecule has 1 aromatic rings. The van der Waals surface area contributed by atoms with Crippen LogP contribution >= 0.6 is 0 Å². The van der Waals surface area contributed by atoms with Crippen LogP contribution in [-0.4, -0.2) is 47.9 Å². The van der Waals surface area contributed by atoms with E-state index < -0.39 is 0 Å². The van der Waals surface area contributed by atoms with Crippen molar-refractivity contribution in [2.45, 2.75) is 6.42 Å². The summed E-state index contributed by atoms with van der Waals surface area (Å²) in [5, 5.41) is 14.7. The number of carbonyl (C=O) groups is 2. The first-order valence-electron chi connectivity index (χ1n) is 6.34. The highest BCUT2D eigenvalue weighted by Gasteiger charge is 2.28. The van der Waals surface area contributed by atoms with E-state index in [0.717, 1.165) is 0 Å². The summed E-state index contributed by atoms with van der Waals surface area (Å²) in [6.07, 6.45) is 1.96. The van der Waals surface area contributed by atoms with Gasteiger partial charge in [-0.2, -0.15) is 5.26 Å². The maximum Gasteiger partial charge on any atom is 0.243 e. The maximum absolute atomic E-state index is 11.5. The molecule has 1 saturated heterocycles. The third-order valence-corrected chi connectivity index (χ3v) is 2.93. The van der Waals surface area contributed by atoms with Crippen LogP contribution in [0.1, 0.15) is 12.0 Å². The Morgan fingerprint density at radius 1 is 1.45 bits per heavy atom. The number of imide groups is 1. The fourth-order valence-corrected chi connectivity index (χ4v) is 1.71. The van der Waals surface area contributed by atoms with Crippen molar-refractivity contribution < 1.29 is 9.59 Å². The van der Waals surface area contributed by atoms with E-state index >= 15 is 0 Å². The first-order chi connectivity index (χ1) is 9.70. The van der Waals surface area contributed by atoms with Gasteiger partial charge in [-0.15, -0.1) is 0 Å². The monoisotopic (exact) mass is 273 g/mol. The second kappa shape index (κ2) is 6.63. The summed E-state index contributed by atoms with van der Waals surface area (Å²) in [5.41, 5.74) is 0.512. The third kappa shape index (κ3) is 3.52. The molecule has 7 nitrogen and oxygen atoms in total. The lowest BCUT2D eigenvalue weighted by atomic mass is 10.2. The van der Waals surface area contributed by atoms with Gasteiger partial charge in [0.25, 0.3) is 0 Å². The van der Waals surface area contributed by atoms with Crippen molar-refractivity contribution in [3.63, 3.8) is 0 Å². The van der Waals surface area contributed by atoms with Gasteiger partial charge in [-0.3, -0.25) is 14.5 Å². The quantitative estimate of drug-likeness (QED) is 0.546. The molecule has 0 unspecified atom stereocenters. The van der Waals surface area contributed by atoms with Crippen molar-refractivity contribution in [2.24, 2.45) is 0 Å². The molecule has 2 N–H and O–H groups in total. The lowest BCUT2D eigenvalue weighted by Gasteiger charge is -2.28. The van der Waals surface area contributed by atoms with Crippen molar-refractivity contribution in [3.8, 4) is 6.07 Å². The standard InChI is InChI=1S/C13H15N5O2/c14-7-10-1-2-11(17-8-10)16-5-4-15-9-13(20)18-6-3-12(18)19/h1-2,8,15H,3-6,9H2,(H,16,17). The number of carbonyl (C=O) groups excluding carboxylic acids is 2. The molecule has 0 aromatic carbocycles. The summed E-state index contributed by atoms with van der Waals surface area (Å²) >= 11 is 0. The lowest BCUT2D eigenvalue weighted by Crippen LogP contribution is -2.50. The summed E-state index contributed by atoms with van der Waals surface area (Å²) in [6.45, 7) is 1.87. The van der Waals surface area contributed by atoms with E-state index in [1.54, 1.807) is 12.1 Å². The number of amides is 2. The average Bonchev–Trinajstić information content (AvgIpc) is 2.46. The normalized spacial score (nSPS) is 13.6. The van der Waals surface area contributed by atoms with Crippen molar-refractivity contribution in [2.75, 3.05) is 31.5 Å². The van der Waals surface area contributed by atoms with Gasteiger partial charge in [-0.05, 0) is 12.1 Å². The highest BCUT2D eigenvalue weighted by molar-refractivity contribution is 6.00. The van der Waals surface area contributed by atoms with Gasteiger partial charge in [0.2, 0.25) is 11.8 Å². The second-order valence-electron chi connectivity index (χ2n) is 4.34. The Morgan fingerprint density at radius 2 is 2.30 bits per heavy atom. The van der Waals surface area contributed by atoms with Crippen LogP contribution in [0.4, 0.5) is 5.82 Å². The molecule has 1 fully saturated rings. The van der Waals surface area contributed by atoms with E-state index in [-0.39, 0.29) is 18.4 Å². The minimum absolute atomic E-state index is 0.100. The highest BCUT2D eigenvalue weighted by Crippen LogP contribution is 2.07. The Labute approximate surface area is 116 Å². The molecular weight excluding hydrogens is 258 g/mol. The largest absolute Gasteiger partial charge is 0.369 e. The Hall–Kier alpha value is -2.46. The van der Waals surface area contributed by atoms with E-state index in [0.29, 0.717) is 37.4 Å². The molecule has 1 aromatic heterocycles. The average molecular weight is 273 g/mol. The molecule has 1 aliphatic heterocycles. The SMILES string of the molecule is N#Cc1ccc(NCCNCC(=O)N2CCC2=O)nc1. The Kier molecular flexibility index (Phi) is 4.63. The highest BCUT2D eigenvalue weighted by atomic mass is 16.2. The van der Waals surface area contributed by atoms with Crippen LogP contribution in [0, 0.1) is 11.3 Å². The van der Waals surface area contributed by atoms with Crippen LogP contribution in [0.15, 0.2) is 18.3 Å². The zero-order valence-corrected chi connectivity index (χ0v) is 10.9. The summed E-state index contributed by atoms with van der Waals surface area (Å²) in [6, 6.07) is 5.40. The molecule has 2 rings (SSSR count). The van der Waals surface area contributed by atoms with Crippen LogP contribution in [0.5, 0.6) is 0 Å². The number of nitrogens with zero attached hydrogens (tertiary/aromatic N) is 3. The van der Waals surface area contributed by atoms with E-state index in [1.807, 2.05) is 6.07 Å². The summed E-state index contributed by atoms with van der Waals surface area (Å²) in [5.74, 6) is 0.393. The molecule has 7 heteroatoms. The molecule has 2 heterocycles. The van der Waals surface area contributed by atoms with Crippen LogP contribution in [0.25, 0.3) is 0 Å². The number of hydrogen-bond donors (Lipinski definition) is 2. The minimum atomic E-state index is -0.183. The number of rotatable bonds is 6. The molecule has 0 spiro atoms. The summed E-state index contributed by atoms with van der Waals surface area (Å²) in [7, 11) is 0. The third-order valence-electron chi connectivity index (χ3n) is 2.93. The first kappa shape index (κ1) is 14.0. The molecule has 0 radical (unpaired) electrons. The molecule has 1 aliphatic rings. The van der Waals surface area contributed by atoms with Gasteiger partial charge in [0.05, 0.1) is 12.1 Å². The first-order valence-corrected chi connectivity index (χ1v) is 6.34. The van der Waals surface area contributed by atoms with Gasteiger partial charge < -0.3 is 10.6 Å². The van der Waals surface area contributed by atoms with Gasteiger partial charge in [0.1, 0.15) is 11.9 Å². The molecule has 0 aliphatic carbocycles. The van der Waals surface area contributed by atoms with Gasteiger partial charge in [-0.25, -0.2) is 4.98 Å². The maximum atomic E-state index is 11.5. The smallest absolute Gasteiger partial charge is 0.243 e. The number of aromatic nitrogens is 1. The van der Waals surface area contributed by atoms with Gasteiger partial charge in [0, 0.05) is 32.3 Å². The van der Waals surface area contributed by atoms with Gasteiger partial charge in [0.15, 0.2) is 0 Å². The number of anilines is 1. The van der Waals surface area contributed by atoms with Crippen molar-refractivity contribution in [1.82, 2.24) is 15.2 Å². The van der Waals surface area contributed by atoms with Gasteiger partial charge in [-0.1, -0.05) is 0 Å². The van der Waals surface area contributed by atoms with E-state index in [1.165, 1.54) is 11.1 Å². The predicted molar refractivity (Wildman–Crippen MR) is 71.6 cm³/mol. The molecular formula is C13H15N5O2. The zero-order valence-electron chi connectivity index (χ0n) is 10.9. The number of nitrogens with one attached hydrogen (secondary N) is 2. The van der Waals surface area contributed by atoms with Crippen molar-refractivity contribution in [3.05, 3.63) is 23.9 Å². The van der Waals surface area contributed by atoms with Crippen molar-refractivity contribution in [1.29, 1.82) is 5.26 Å². The Balaban J connectivity index is 1.60. The topological polar surface area (TPSA) is 98.1 Å². The molecule has 0 saturated carbocycles. The van der Waals surface area contributed by atoms with Crippen molar-refractivity contribution >= 4 is 17.6 Å². The van der Waals surface area contributed by atoms with E-state index in [9.17, 15) is 9.59 Å². The number of pyridine rings is 1. The number of nitriles is 1. The molecule has 2 amide bonds. The number of likely N-dealkylation sites (tertiary alicyclic amines) is 1. The minimum Gasteiger partial charge on any atom is -0.369 e. The molecule has 0 atom stereocenters. The number of β-lactam (4-membered cyclic amide) rings is 1. The van der Waals surface area contributed by atoms with Crippen LogP contribution in [-0.2, 0) is 9.59 Å². The second-order valence-corrected chi connectivity index (χ2v) is 4.34. The number of hydrogen-bond acceptors (Lipinski definition) is 6. The summed E-state index contributed by atoms with van der Waals surface area (Å²) in [4.78, 5) is 27.9. The van der Waals surface area contributed by atoms with Crippen LogP contribution in [0.3, 0.4) is 0 Å². The van der Waals surface area contributed by atoms with Gasteiger partial charge >= 0.3 is 0 Å². The fraction of sp³-hybridized carbons (Fsp3) is 0.385. The molecule has 20 heavy (non-hydrogen) atoms. The Morgan fingerprint density at radius 3 is 2.85 bits per heavy atom. The van der Waals surface area contributed by atoms with Crippen LogP contribution < -0.4 is 10.6 Å².